The lowest BCUT2D eigenvalue weighted by molar-refractivity contribution is -0.101. The summed E-state index contributed by atoms with van der Waals surface area (Å²) >= 11 is 0. The minimum atomic E-state index is -0.604. The number of carbonyl (C=O) groups excluding carboxylic acids is 3. The Labute approximate surface area is 145 Å². The maximum absolute atomic E-state index is 12.3. The third-order valence-electron chi connectivity index (χ3n) is 3.82. The van der Waals surface area contributed by atoms with Gasteiger partial charge in [0, 0.05) is 6.54 Å². The molecule has 0 radical (unpaired) electrons. The molecule has 1 atom stereocenters. The largest absolute Gasteiger partial charge is 0.444 e. The smallest absolute Gasteiger partial charge is 0.411 e. The predicted octanol–water partition coefficient (Wildman–Crippen LogP) is 2.39. The number of nitrogens with zero attached hydrogens (tertiary/aromatic N) is 2. The summed E-state index contributed by atoms with van der Waals surface area (Å²) in [6.07, 6.45) is 3.15. The molecular weight excluding hydrogens is 324 g/mol. The highest BCUT2D eigenvalue weighted by molar-refractivity contribution is 6.20. The number of hydrogen-bond acceptors (Lipinski definition) is 5. The van der Waals surface area contributed by atoms with Crippen molar-refractivity contribution in [1.82, 2.24) is 9.96 Å². The van der Waals surface area contributed by atoms with Gasteiger partial charge in [0.2, 0.25) is 0 Å². The van der Waals surface area contributed by atoms with Gasteiger partial charge in [-0.3, -0.25) is 19.3 Å². The van der Waals surface area contributed by atoms with Crippen LogP contribution in [0.15, 0.2) is 36.4 Å². The van der Waals surface area contributed by atoms with Gasteiger partial charge in [0.1, 0.15) is 5.60 Å². The van der Waals surface area contributed by atoms with E-state index >= 15 is 0 Å². The first kappa shape index (κ1) is 17.2. The first-order valence-electron chi connectivity index (χ1n) is 8.05. The molecule has 0 aromatic heterocycles. The van der Waals surface area contributed by atoms with Crippen LogP contribution in [0.4, 0.5) is 4.79 Å². The molecule has 2 aliphatic rings. The van der Waals surface area contributed by atoms with Crippen LogP contribution in [0.25, 0.3) is 0 Å². The average Bonchev–Trinajstić information content (AvgIpc) is 3.09. The molecule has 0 fully saturated rings. The van der Waals surface area contributed by atoms with Crippen molar-refractivity contribution < 1.29 is 24.0 Å². The van der Waals surface area contributed by atoms with Crippen molar-refractivity contribution in [3.8, 4) is 0 Å². The molecule has 7 heteroatoms. The third-order valence-corrected chi connectivity index (χ3v) is 3.82. The number of imide groups is 1. The molecule has 0 saturated carbocycles. The lowest BCUT2D eigenvalue weighted by Crippen LogP contribution is -2.44. The molecule has 2 heterocycles. The molecule has 1 aromatic rings. The molecule has 0 aliphatic carbocycles. The zero-order valence-electron chi connectivity index (χ0n) is 14.4. The van der Waals surface area contributed by atoms with Crippen molar-refractivity contribution in [2.75, 3.05) is 13.2 Å². The highest BCUT2D eigenvalue weighted by Crippen LogP contribution is 2.23. The normalized spacial score (nSPS) is 19.6. The number of rotatable bonds is 3. The summed E-state index contributed by atoms with van der Waals surface area (Å²) in [6, 6.07) is 6.15. The van der Waals surface area contributed by atoms with Gasteiger partial charge in [0.15, 0.2) is 0 Å². The topological polar surface area (TPSA) is 76.2 Å². The van der Waals surface area contributed by atoms with Crippen molar-refractivity contribution in [3.05, 3.63) is 47.5 Å². The second kappa shape index (κ2) is 6.33. The van der Waals surface area contributed by atoms with Crippen LogP contribution < -0.4 is 0 Å². The van der Waals surface area contributed by atoms with Crippen molar-refractivity contribution >= 4 is 17.9 Å². The second-order valence-corrected chi connectivity index (χ2v) is 6.87. The zero-order valence-corrected chi connectivity index (χ0v) is 14.4. The zero-order chi connectivity index (χ0) is 18.2. The first-order chi connectivity index (χ1) is 11.8. The van der Waals surface area contributed by atoms with Gasteiger partial charge in [-0.05, 0) is 32.9 Å². The van der Waals surface area contributed by atoms with E-state index < -0.39 is 29.6 Å². The lowest BCUT2D eigenvalue weighted by atomic mass is 10.1. The Bertz CT molecular complexity index is 715. The van der Waals surface area contributed by atoms with E-state index in [4.69, 9.17) is 9.57 Å². The summed E-state index contributed by atoms with van der Waals surface area (Å²) in [5.41, 5.74) is 0.0325. The van der Waals surface area contributed by atoms with E-state index in [9.17, 15) is 14.4 Å². The molecule has 0 bridgehead atoms. The SMILES string of the molecule is CC(C)(C)OC(=O)N1CC=CC1CON1C(=O)c2ccccc2C1=O. The van der Waals surface area contributed by atoms with Crippen LogP contribution in [-0.4, -0.2) is 52.7 Å². The van der Waals surface area contributed by atoms with Crippen LogP contribution in [0.2, 0.25) is 0 Å². The molecule has 7 nitrogen and oxygen atoms in total. The maximum atomic E-state index is 12.3. The monoisotopic (exact) mass is 344 g/mol. The van der Waals surface area contributed by atoms with E-state index in [-0.39, 0.29) is 6.61 Å². The highest BCUT2D eigenvalue weighted by Gasteiger charge is 2.38. The van der Waals surface area contributed by atoms with E-state index in [1.807, 2.05) is 6.08 Å². The fourth-order valence-corrected chi connectivity index (χ4v) is 2.68. The van der Waals surface area contributed by atoms with Crippen molar-refractivity contribution in [1.29, 1.82) is 0 Å². The lowest BCUT2D eigenvalue weighted by Gasteiger charge is -2.28. The summed E-state index contributed by atoms with van der Waals surface area (Å²) in [7, 11) is 0. The van der Waals surface area contributed by atoms with Crippen LogP contribution in [-0.2, 0) is 9.57 Å². The van der Waals surface area contributed by atoms with E-state index in [1.165, 1.54) is 4.90 Å². The van der Waals surface area contributed by atoms with E-state index in [0.717, 1.165) is 5.06 Å². The van der Waals surface area contributed by atoms with Gasteiger partial charge in [0.05, 0.1) is 23.8 Å². The Morgan fingerprint density at radius 2 is 1.76 bits per heavy atom. The van der Waals surface area contributed by atoms with Gasteiger partial charge in [-0.2, -0.15) is 0 Å². The van der Waals surface area contributed by atoms with Gasteiger partial charge in [-0.25, -0.2) is 4.79 Å². The van der Waals surface area contributed by atoms with Crippen molar-refractivity contribution in [2.45, 2.75) is 32.4 Å². The minimum Gasteiger partial charge on any atom is -0.444 e. The Morgan fingerprint density at radius 1 is 1.16 bits per heavy atom. The standard InChI is InChI=1S/C18H20N2O5/c1-18(2,3)25-17(23)19-10-6-7-12(19)11-24-20-15(21)13-8-4-5-9-14(13)16(20)22/h4-9,12H,10-11H2,1-3H3. The Balaban J connectivity index is 1.64. The number of benzene rings is 1. The number of carbonyl (C=O) groups is 3. The Morgan fingerprint density at radius 3 is 2.32 bits per heavy atom. The number of amides is 3. The number of hydrogen-bond donors (Lipinski definition) is 0. The van der Waals surface area contributed by atoms with Gasteiger partial charge < -0.3 is 4.74 Å². The molecular formula is C18H20N2O5. The van der Waals surface area contributed by atoms with Crippen LogP contribution in [0.5, 0.6) is 0 Å². The molecule has 1 unspecified atom stereocenters. The van der Waals surface area contributed by atoms with E-state index in [1.54, 1.807) is 51.1 Å². The molecule has 2 aliphatic heterocycles. The fraction of sp³-hybridized carbons (Fsp3) is 0.389. The number of ether oxygens (including phenoxy) is 1. The van der Waals surface area contributed by atoms with Crippen LogP contribution >= 0.6 is 0 Å². The molecule has 1 aromatic carbocycles. The van der Waals surface area contributed by atoms with Crippen molar-refractivity contribution in [2.24, 2.45) is 0 Å². The van der Waals surface area contributed by atoms with Crippen LogP contribution in [0, 0.1) is 0 Å². The van der Waals surface area contributed by atoms with Gasteiger partial charge in [0.25, 0.3) is 11.8 Å². The molecule has 0 saturated heterocycles. The second-order valence-electron chi connectivity index (χ2n) is 6.87. The predicted molar refractivity (Wildman–Crippen MR) is 88.8 cm³/mol. The maximum Gasteiger partial charge on any atom is 0.411 e. The van der Waals surface area contributed by atoms with Crippen LogP contribution in [0.1, 0.15) is 41.5 Å². The van der Waals surface area contributed by atoms with E-state index in [2.05, 4.69) is 0 Å². The molecule has 0 spiro atoms. The average molecular weight is 344 g/mol. The molecule has 132 valence electrons. The molecule has 3 amide bonds. The molecule has 25 heavy (non-hydrogen) atoms. The first-order valence-corrected chi connectivity index (χ1v) is 8.05. The summed E-state index contributed by atoms with van der Waals surface area (Å²) in [4.78, 5) is 43.7. The molecule has 3 rings (SSSR count). The Hall–Kier alpha value is -2.67. The van der Waals surface area contributed by atoms with Crippen molar-refractivity contribution in [3.63, 3.8) is 0 Å². The quantitative estimate of drug-likeness (QED) is 0.622. The highest BCUT2D eigenvalue weighted by atomic mass is 16.7. The minimum absolute atomic E-state index is 0.0127. The molecule has 0 N–H and O–H groups in total. The van der Waals surface area contributed by atoms with Gasteiger partial charge in [-0.15, -0.1) is 5.06 Å². The summed E-state index contributed by atoms with van der Waals surface area (Å²) in [6.45, 7) is 5.75. The van der Waals surface area contributed by atoms with Gasteiger partial charge in [-0.1, -0.05) is 24.3 Å². The van der Waals surface area contributed by atoms with Crippen LogP contribution in [0.3, 0.4) is 0 Å². The Kier molecular flexibility index (Phi) is 4.34. The summed E-state index contributed by atoms with van der Waals surface area (Å²) in [5, 5.41) is 0.754. The van der Waals surface area contributed by atoms with Gasteiger partial charge >= 0.3 is 6.09 Å². The fourth-order valence-electron chi connectivity index (χ4n) is 2.68. The number of fused-ring (bicyclic) bond motifs is 1. The van der Waals surface area contributed by atoms with E-state index in [0.29, 0.717) is 17.7 Å². The summed E-state index contributed by atoms with van der Waals surface area (Å²) < 4.78 is 5.36. The third kappa shape index (κ3) is 3.41. The summed E-state index contributed by atoms with van der Waals surface area (Å²) in [5.74, 6) is -0.988. The number of hydroxylamine groups is 2.